The number of benzene rings is 1. The lowest BCUT2D eigenvalue weighted by Gasteiger charge is -2.36. The van der Waals surface area contributed by atoms with E-state index in [1.54, 1.807) is 23.5 Å². The second kappa shape index (κ2) is 7.22. The van der Waals surface area contributed by atoms with Gasteiger partial charge in [-0.25, -0.2) is 0 Å². The first-order chi connectivity index (χ1) is 13.2. The number of hydrogen-bond donors (Lipinski definition) is 3. The van der Waals surface area contributed by atoms with Crippen molar-refractivity contribution in [2.45, 2.75) is 52.6 Å². The largest absolute Gasteiger partial charge is 0.506 e. The Morgan fingerprint density at radius 3 is 2.82 bits per heavy atom. The molecule has 2 atom stereocenters. The fraction of sp³-hybridized carbons (Fsp3) is 0.476. The van der Waals surface area contributed by atoms with Gasteiger partial charge in [-0.1, -0.05) is 38.8 Å². The third-order valence-electron chi connectivity index (χ3n) is 6.43. The fourth-order valence-corrected chi connectivity index (χ4v) is 6.40. The molecule has 4 rings (SSSR count). The Morgan fingerprint density at radius 1 is 1.36 bits per heavy atom. The van der Waals surface area contributed by atoms with Gasteiger partial charge in [0.05, 0.1) is 10.0 Å². The van der Waals surface area contributed by atoms with Crippen molar-refractivity contribution in [3.8, 4) is 5.75 Å². The molecule has 0 fully saturated rings. The average Bonchev–Trinajstić information content (AvgIpc) is 3.02. The number of phenols is 1. The van der Waals surface area contributed by atoms with E-state index in [1.165, 1.54) is 10.4 Å². The molecule has 1 aromatic carbocycles. The van der Waals surface area contributed by atoms with E-state index in [-0.39, 0.29) is 11.7 Å². The van der Waals surface area contributed by atoms with Gasteiger partial charge >= 0.3 is 0 Å². The van der Waals surface area contributed by atoms with Crippen LogP contribution in [0.5, 0.6) is 5.75 Å². The Hall–Kier alpha value is -1.24. The standard InChI is InChI=1S/C21H24BrClN2O2S/c1-4-21(2,3)10-5-6-12-15(7-10)28-20-16(12)19(27)24-18(25-20)13-8-11(23)9-14(22)17(13)26/h8-10,18,25-26H,4-7H2,1-3H3,(H,24,27)/t10-,18+/m1/s1. The van der Waals surface area contributed by atoms with Crippen molar-refractivity contribution in [3.63, 3.8) is 0 Å². The molecule has 28 heavy (non-hydrogen) atoms. The molecule has 2 aromatic rings. The molecule has 0 unspecified atom stereocenters. The maximum atomic E-state index is 12.9. The van der Waals surface area contributed by atoms with Crippen molar-refractivity contribution < 1.29 is 9.90 Å². The minimum absolute atomic E-state index is 0.0803. The highest BCUT2D eigenvalue weighted by Crippen LogP contribution is 2.47. The first kappa shape index (κ1) is 20.0. The van der Waals surface area contributed by atoms with Crippen molar-refractivity contribution in [3.05, 3.63) is 43.2 Å². The molecule has 4 nitrogen and oxygen atoms in total. The molecule has 0 saturated heterocycles. The number of aromatic hydroxyl groups is 1. The number of amides is 1. The van der Waals surface area contributed by atoms with Gasteiger partial charge in [-0.3, -0.25) is 4.79 Å². The third kappa shape index (κ3) is 3.33. The van der Waals surface area contributed by atoms with Gasteiger partial charge in [0, 0.05) is 15.5 Å². The van der Waals surface area contributed by atoms with E-state index in [2.05, 4.69) is 47.3 Å². The summed E-state index contributed by atoms with van der Waals surface area (Å²) in [4.78, 5) is 14.3. The molecule has 0 bridgehead atoms. The molecule has 0 radical (unpaired) electrons. The summed E-state index contributed by atoms with van der Waals surface area (Å²) in [7, 11) is 0. The van der Waals surface area contributed by atoms with Crippen LogP contribution < -0.4 is 10.6 Å². The first-order valence-electron chi connectivity index (χ1n) is 9.61. The van der Waals surface area contributed by atoms with E-state index < -0.39 is 6.17 Å². The lowest BCUT2D eigenvalue weighted by molar-refractivity contribution is 0.0934. The first-order valence-corrected chi connectivity index (χ1v) is 11.6. The monoisotopic (exact) mass is 482 g/mol. The van der Waals surface area contributed by atoms with Crippen LogP contribution >= 0.6 is 38.9 Å². The summed E-state index contributed by atoms with van der Waals surface area (Å²) in [5.41, 5.74) is 2.83. The van der Waals surface area contributed by atoms with Gasteiger partial charge in [-0.05, 0) is 64.2 Å². The van der Waals surface area contributed by atoms with Crippen LogP contribution in [0.15, 0.2) is 16.6 Å². The molecule has 3 N–H and O–H groups in total. The maximum absolute atomic E-state index is 12.9. The fourth-order valence-electron chi connectivity index (χ4n) is 4.22. The topological polar surface area (TPSA) is 61.4 Å². The molecule has 1 aliphatic heterocycles. The van der Waals surface area contributed by atoms with E-state index in [9.17, 15) is 9.90 Å². The SMILES string of the molecule is CCC(C)(C)[C@@H]1CCc2c(sc3c2C(=O)N[C@H](c2cc(Cl)cc(Br)c2O)N3)C1. The van der Waals surface area contributed by atoms with Crippen molar-refractivity contribution in [2.75, 3.05) is 5.32 Å². The molecule has 2 heterocycles. The Bertz CT molecular complexity index is 956. The van der Waals surface area contributed by atoms with Gasteiger partial charge in [-0.2, -0.15) is 0 Å². The van der Waals surface area contributed by atoms with Gasteiger partial charge in [0.15, 0.2) is 0 Å². The van der Waals surface area contributed by atoms with E-state index in [1.807, 2.05) is 0 Å². The molecule has 7 heteroatoms. The van der Waals surface area contributed by atoms with Crippen LogP contribution in [0.2, 0.25) is 5.02 Å². The van der Waals surface area contributed by atoms with Crippen LogP contribution in [0, 0.1) is 11.3 Å². The summed E-state index contributed by atoms with van der Waals surface area (Å²) in [6.07, 6.45) is 3.74. The number of halogens is 2. The zero-order chi connectivity index (χ0) is 20.2. The van der Waals surface area contributed by atoms with E-state index in [4.69, 9.17) is 11.6 Å². The van der Waals surface area contributed by atoms with E-state index in [0.717, 1.165) is 36.2 Å². The summed E-state index contributed by atoms with van der Waals surface area (Å²) >= 11 is 11.2. The number of hydrogen-bond acceptors (Lipinski definition) is 4. The van der Waals surface area contributed by atoms with E-state index in [0.29, 0.717) is 26.4 Å². The Labute approximate surface area is 182 Å². The van der Waals surface area contributed by atoms with Gasteiger partial charge in [0.2, 0.25) is 0 Å². The average molecular weight is 484 g/mol. The number of thiophene rings is 1. The molecule has 1 amide bonds. The number of fused-ring (bicyclic) bond motifs is 3. The third-order valence-corrected chi connectivity index (χ3v) is 8.44. The minimum atomic E-state index is -0.516. The van der Waals surface area contributed by atoms with Gasteiger partial charge < -0.3 is 15.7 Å². The van der Waals surface area contributed by atoms with Crippen LogP contribution in [0.3, 0.4) is 0 Å². The van der Waals surface area contributed by atoms with Crippen LogP contribution in [0.25, 0.3) is 0 Å². The Balaban J connectivity index is 1.67. The van der Waals surface area contributed by atoms with Crippen molar-refractivity contribution in [2.24, 2.45) is 11.3 Å². The number of phenolic OH excluding ortho intramolecular Hbond substituents is 1. The smallest absolute Gasteiger partial charge is 0.256 e. The zero-order valence-electron chi connectivity index (χ0n) is 16.2. The van der Waals surface area contributed by atoms with Crippen molar-refractivity contribution >= 4 is 49.8 Å². The highest BCUT2D eigenvalue weighted by atomic mass is 79.9. The van der Waals surface area contributed by atoms with Crippen LogP contribution in [0.4, 0.5) is 5.00 Å². The van der Waals surface area contributed by atoms with Crippen LogP contribution in [0.1, 0.15) is 66.1 Å². The van der Waals surface area contributed by atoms with Crippen LogP contribution in [-0.4, -0.2) is 11.0 Å². The number of carbonyl (C=O) groups excluding carboxylic acids is 1. The molecule has 2 aliphatic rings. The van der Waals surface area contributed by atoms with Gasteiger partial charge in [0.25, 0.3) is 5.91 Å². The highest BCUT2D eigenvalue weighted by Gasteiger charge is 2.37. The predicted molar refractivity (Wildman–Crippen MR) is 119 cm³/mol. The molecule has 1 aliphatic carbocycles. The Morgan fingerprint density at radius 2 is 2.11 bits per heavy atom. The second-order valence-electron chi connectivity index (χ2n) is 8.37. The summed E-state index contributed by atoms with van der Waals surface area (Å²) < 4.78 is 0.506. The maximum Gasteiger partial charge on any atom is 0.256 e. The molecular weight excluding hydrogens is 460 g/mol. The second-order valence-corrected chi connectivity index (χ2v) is 10.8. The van der Waals surface area contributed by atoms with Crippen LogP contribution in [-0.2, 0) is 12.8 Å². The lowest BCUT2D eigenvalue weighted by atomic mass is 9.69. The minimum Gasteiger partial charge on any atom is -0.506 e. The number of rotatable bonds is 3. The molecule has 0 spiro atoms. The normalized spacial score (nSPS) is 21.5. The molecule has 150 valence electrons. The number of carbonyl (C=O) groups is 1. The van der Waals surface area contributed by atoms with Crippen molar-refractivity contribution in [1.29, 1.82) is 0 Å². The summed E-state index contributed by atoms with van der Waals surface area (Å²) in [6.45, 7) is 6.94. The molecule has 0 saturated carbocycles. The van der Waals surface area contributed by atoms with E-state index >= 15 is 0 Å². The zero-order valence-corrected chi connectivity index (χ0v) is 19.3. The molecule has 1 aromatic heterocycles. The molecular formula is C21H24BrClN2O2S. The number of anilines is 1. The summed E-state index contributed by atoms with van der Waals surface area (Å²) in [5.74, 6) is 0.633. The summed E-state index contributed by atoms with van der Waals surface area (Å²) in [6, 6.07) is 3.31. The number of nitrogens with one attached hydrogen (secondary N) is 2. The van der Waals surface area contributed by atoms with Gasteiger partial charge in [0.1, 0.15) is 16.9 Å². The summed E-state index contributed by atoms with van der Waals surface area (Å²) in [5, 5.41) is 18.2. The van der Waals surface area contributed by atoms with Gasteiger partial charge in [-0.15, -0.1) is 11.3 Å². The quantitative estimate of drug-likeness (QED) is 0.482. The lowest BCUT2D eigenvalue weighted by Crippen LogP contribution is -2.38. The van der Waals surface area contributed by atoms with Crippen molar-refractivity contribution in [1.82, 2.24) is 5.32 Å². The predicted octanol–water partition coefficient (Wildman–Crippen LogP) is 6.26. The highest BCUT2D eigenvalue weighted by molar-refractivity contribution is 9.10. The Kier molecular flexibility index (Phi) is 5.17.